The minimum atomic E-state index is -6.91. The SMILES string of the molecule is CCc1cc(C(F)(C(F)(F)F)C(F)(F)C(F)(F)F)cc(C)c1NC(=O)c1cccc(NC(=O)c2cccc([N+](=O)[O-])c2C)c1OC. The number of hydrogen-bond acceptors (Lipinski definition) is 5. The maximum Gasteiger partial charge on any atom is 0.457 e. The first kappa shape index (κ1) is 35.6. The van der Waals surface area contributed by atoms with Crippen molar-refractivity contribution in [3.05, 3.63) is 92.0 Å². The van der Waals surface area contributed by atoms with Crippen LogP contribution in [0, 0.1) is 24.0 Å². The van der Waals surface area contributed by atoms with Crippen LogP contribution in [0.5, 0.6) is 5.75 Å². The summed E-state index contributed by atoms with van der Waals surface area (Å²) < 4.78 is 128. The number of amides is 2. The Balaban J connectivity index is 2.04. The monoisotopic (exact) mass is 665 g/mol. The molecule has 1 unspecified atom stereocenters. The van der Waals surface area contributed by atoms with Crippen molar-refractivity contribution in [1.82, 2.24) is 0 Å². The molecule has 17 heteroatoms. The highest BCUT2D eigenvalue weighted by molar-refractivity contribution is 6.11. The fourth-order valence-corrected chi connectivity index (χ4v) is 4.71. The van der Waals surface area contributed by atoms with E-state index >= 15 is 4.39 Å². The Kier molecular flexibility index (Phi) is 9.70. The lowest BCUT2D eigenvalue weighted by molar-refractivity contribution is -0.389. The molecule has 0 aliphatic carbocycles. The normalized spacial score (nSPS) is 13.5. The van der Waals surface area contributed by atoms with E-state index in [1.54, 1.807) is 0 Å². The van der Waals surface area contributed by atoms with E-state index in [9.17, 15) is 54.8 Å². The Hall–Kier alpha value is -4.83. The molecule has 2 N–H and O–H groups in total. The minimum Gasteiger partial charge on any atom is -0.494 e. The first-order valence-corrected chi connectivity index (χ1v) is 13.0. The van der Waals surface area contributed by atoms with Gasteiger partial charge in [-0.15, -0.1) is 0 Å². The fraction of sp³-hybridized carbons (Fsp3) is 0.310. The summed E-state index contributed by atoms with van der Waals surface area (Å²) in [4.78, 5) is 36.9. The third kappa shape index (κ3) is 6.17. The molecule has 0 radical (unpaired) electrons. The van der Waals surface area contributed by atoms with E-state index in [2.05, 4.69) is 10.6 Å². The lowest BCUT2D eigenvalue weighted by Crippen LogP contribution is -2.59. The molecular weight excluding hydrogens is 641 g/mol. The highest BCUT2D eigenvalue weighted by Crippen LogP contribution is 2.58. The van der Waals surface area contributed by atoms with E-state index in [0.29, 0.717) is 0 Å². The van der Waals surface area contributed by atoms with Gasteiger partial charge in [-0.1, -0.05) is 25.1 Å². The van der Waals surface area contributed by atoms with Crippen LogP contribution in [-0.2, 0) is 12.1 Å². The van der Waals surface area contributed by atoms with Gasteiger partial charge in [0.2, 0.25) is 0 Å². The number of benzene rings is 3. The molecule has 0 saturated heterocycles. The van der Waals surface area contributed by atoms with Crippen LogP contribution in [-0.4, -0.2) is 42.1 Å². The zero-order valence-electron chi connectivity index (χ0n) is 24.2. The van der Waals surface area contributed by atoms with Crippen LogP contribution in [0.1, 0.15) is 49.9 Å². The number of alkyl halides is 9. The van der Waals surface area contributed by atoms with Crippen molar-refractivity contribution in [3.8, 4) is 5.75 Å². The number of carbonyl (C=O) groups is 2. The Morgan fingerprint density at radius 1 is 0.848 bits per heavy atom. The van der Waals surface area contributed by atoms with Crippen molar-refractivity contribution in [2.24, 2.45) is 0 Å². The third-order valence-corrected chi connectivity index (χ3v) is 7.07. The zero-order valence-corrected chi connectivity index (χ0v) is 24.2. The molecule has 3 aromatic carbocycles. The molecule has 0 fully saturated rings. The second-order valence-corrected chi connectivity index (χ2v) is 9.91. The molecular formula is C29H24F9N3O5. The summed E-state index contributed by atoms with van der Waals surface area (Å²) in [5, 5.41) is 16.0. The smallest absolute Gasteiger partial charge is 0.457 e. The second-order valence-electron chi connectivity index (χ2n) is 9.91. The Morgan fingerprint density at radius 3 is 1.93 bits per heavy atom. The van der Waals surface area contributed by atoms with Crippen LogP contribution < -0.4 is 15.4 Å². The number of aryl methyl sites for hydroxylation is 2. The molecule has 46 heavy (non-hydrogen) atoms. The number of methoxy groups -OCH3 is 1. The number of carbonyl (C=O) groups excluding carboxylic acids is 2. The highest BCUT2D eigenvalue weighted by atomic mass is 19.4. The number of nitrogens with one attached hydrogen (secondary N) is 2. The van der Waals surface area contributed by atoms with E-state index in [1.165, 1.54) is 50.2 Å². The van der Waals surface area contributed by atoms with Crippen LogP contribution in [0.4, 0.5) is 56.6 Å². The van der Waals surface area contributed by atoms with E-state index in [0.717, 1.165) is 14.0 Å². The zero-order chi connectivity index (χ0) is 35.0. The van der Waals surface area contributed by atoms with Crippen molar-refractivity contribution in [2.45, 2.75) is 51.1 Å². The molecule has 0 saturated carbocycles. The van der Waals surface area contributed by atoms with Crippen molar-refractivity contribution < 1.29 is 58.8 Å². The number of nitrogens with zero attached hydrogens (tertiary/aromatic N) is 1. The molecule has 0 bridgehead atoms. The predicted molar refractivity (Wildman–Crippen MR) is 147 cm³/mol. The van der Waals surface area contributed by atoms with Crippen LogP contribution in [0.15, 0.2) is 48.5 Å². The van der Waals surface area contributed by atoms with Gasteiger partial charge in [0, 0.05) is 28.4 Å². The molecule has 3 aromatic rings. The number of rotatable bonds is 9. The van der Waals surface area contributed by atoms with Gasteiger partial charge in [0.15, 0.2) is 5.75 Å². The number of ether oxygens (including phenoxy) is 1. The average Bonchev–Trinajstić information content (AvgIpc) is 2.95. The second kappa shape index (κ2) is 12.5. The van der Waals surface area contributed by atoms with Gasteiger partial charge in [-0.05, 0) is 55.7 Å². The summed E-state index contributed by atoms with van der Waals surface area (Å²) in [7, 11) is 1.12. The molecule has 0 aliphatic heterocycles. The number of para-hydroxylation sites is 1. The van der Waals surface area contributed by atoms with Gasteiger partial charge in [0.25, 0.3) is 17.5 Å². The number of nitro benzene ring substituents is 1. The first-order valence-electron chi connectivity index (χ1n) is 13.0. The summed E-state index contributed by atoms with van der Waals surface area (Å²) in [5.74, 6) is -8.95. The van der Waals surface area contributed by atoms with Crippen molar-refractivity contribution in [1.29, 1.82) is 0 Å². The van der Waals surface area contributed by atoms with E-state index in [-0.39, 0.29) is 58.1 Å². The van der Waals surface area contributed by atoms with E-state index < -0.39 is 57.4 Å². The number of nitro groups is 1. The average molecular weight is 666 g/mol. The minimum absolute atomic E-state index is 0.0414. The van der Waals surface area contributed by atoms with Crippen molar-refractivity contribution in [3.63, 3.8) is 0 Å². The maximum atomic E-state index is 15.2. The van der Waals surface area contributed by atoms with Gasteiger partial charge in [0.1, 0.15) is 0 Å². The van der Waals surface area contributed by atoms with Gasteiger partial charge in [-0.3, -0.25) is 19.7 Å². The molecule has 0 heterocycles. The van der Waals surface area contributed by atoms with Crippen molar-refractivity contribution in [2.75, 3.05) is 17.7 Å². The summed E-state index contributed by atoms with van der Waals surface area (Å²) in [6, 6.07) is 7.91. The first-order chi connectivity index (χ1) is 21.1. The standard InChI is InChI=1S/C29H24F9N3O5/c1-5-16-13-17(26(30,28(33,34)35)27(31,32)29(36,37)38)12-14(2)22(16)40-25(43)19-9-6-10-20(23(19)46-4)39-24(42)18-8-7-11-21(15(18)3)41(44)45/h6-13H,5H2,1-4H3,(H,39,42)(H,40,43). The maximum absolute atomic E-state index is 15.2. The summed E-state index contributed by atoms with van der Waals surface area (Å²) in [6.45, 7) is 3.59. The van der Waals surface area contributed by atoms with Gasteiger partial charge >= 0.3 is 23.9 Å². The Labute approximate surface area is 254 Å². The molecule has 3 rings (SSSR count). The Bertz CT molecular complexity index is 1690. The third-order valence-electron chi connectivity index (χ3n) is 7.07. The molecule has 2 amide bonds. The van der Waals surface area contributed by atoms with Crippen LogP contribution in [0.25, 0.3) is 0 Å². The van der Waals surface area contributed by atoms with Crippen LogP contribution in [0.2, 0.25) is 0 Å². The lowest BCUT2D eigenvalue weighted by atomic mass is 9.85. The lowest BCUT2D eigenvalue weighted by Gasteiger charge is -2.36. The molecule has 0 aromatic heterocycles. The molecule has 8 nitrogen and oxygen atoms in total. The van der Waals surface area contributed by atoms with Crippen LogP contribution in [0.3, 0.4) is 0 Å². The molecule has 248 valence electrons. The number of anilines is 2. The predicted octanol–water partition coefficient (Wildman–Crippen LogP) is 8.21. The number of halogens is 9. The van der Waals surface area contributed by atoms with Gasteiger partial charge in [-0.25, -0.2) is 4.39 Å². The highest BCUT2D eigenvalue weighted by Gasteiger charge is 2.81. The summed E-state index contributed by atoms with van der Waals surface area (Å²) in [5.41, 5.74) is -10.1. The number of hydrogen-bond donors (Lipinski definition) is 2. The fourth-order valence-electron chi connectivity index (χ4n) is 4.71. The summed E-state index contributed by atoms with van der Waals surface area (Å²) >= 11 is 0. The molecule has 0 spiro atoms. The van der Waals surface area contributed by atoms with Crippen LogP contribution >= 0.6 is 0 Å². The van der Waals surface area contributed by atoms with Crippen molar-refractivity contribution >= 4 is 28.9 Å². The van der Waals surface area contributed by atoms with Gasteiger partial charge < -0.3 is 15.4 Å². The largest absolute Gasteiger partial charge is 0.494 e. The summed E-state index contributed by atoms with van der Waals surface area (Å²) in [6.07, 6.45) is -13.9. The molecule has 1 atom stereocenters. The van der Waals surface area contributed by atoms with Gasteiger partial charge in [-0.2, -0.15) is 35.1 Å². The molecule has 0 aliphatic rings. The topological polar surface area (TPSA) is 111 Å². The Morgan fingerprint density at radius 2 is 1.41 bits per heavy atom. The van der Waals surface area contributed by atoms with E-state index in [1.807, 2.05) is 0 Å². The quantitative estimate of drug-likeness (QED) is 0.136. The van der Waals surface area contributed by atoms with Gasteiger partial charge in [0.05, 0.1) is 23.3 Å². The van der Waals surface area contributed by atoms with E-state index in [4.69, 9.17) is 4.74 Å².